The van der Waals surface area contributed by atoms with Crippen LogP contribution in [0.2, 0.25) is 0 Å². The van der Waals surface area contributed by atoms with E-state index < -0.39 is 10.0 Å². The van der Waals surface area contributed by atoms with Gasteiger partial charge in [0.1, 0.15) is 4.21 Å². The number of thiophene rings is 1. The molecule has 0 spiro atoms. The van der Waals surface area contributed by atoms with Gasteiger partial charge in [-0.15, -0.1) is 23.7 Å². The first-order valence-corrected chi connectivity index (χ1v) is 8.74. The molecular weight excluding hydrogens is 304 g/mol. The Morgan fingerprint density at radius 2 is 2.11 bits per heavy atom. The third-order valence-electron chi connectivity index (χ3n) is 3.22. The Morgan fingerprint density at radius 1 is 1.42 bits per heavy atom. The summed E-state index contributed by atoms with van der Waals surface area (Å²) >= 11 is 1.30. The van der Waals surface area contributed by atoms with Crippen molar-refractivity contribution in [1.29, 1.82) is 0 Å². The lowest BCUT2D eigenvalue weighted by molar-refractivity contribution is 0.263. The quantitative estimate of drug-likeness (QED) is 0.904. The largest absolute Gasteiger partial charge is 0.317 e. The monoisotopic (exact) mass is 324 g/mol. The van der Waals surface area contributed by atoms with Gasteiger partial charge in [0.2, 0.25) is 0 Å². The van der Waals surface area contributed by atoms with E-state index in [2.05, 4.69) is 5.32 Å². The van der Waals surface area contributed by atoms with E-state index in [1.165, 1.54) is 11.3 Å². The molecule has 2 rings (SSSR count). The van der Waals surface area contributed by atoms with Crippen LogP contribution in [0.5, 0.6) is 0 Å². The van der Waals surface area contributed by atoms with E-state index in [-0.39, 0.29) is 18.4 Å². The smallest absolute Gasteiger partial charge is 0.252 e. The summed E-state index contributed by atoms with van der Waals surface area (Å²) < 4.78 is 27.4. The molecule has 7 heteroatoms. The van der Waals surface area contributed by atoms with Crippen LogP contribution in [0.3, 0.4) is 0 Å². The van der Waals surface area contributed by atoms with E-state index in [4.69, 9.17) is 0 Å². The number of hydrogen-bond donors (Lipinski definition) is 1. The van der Waals surface area contributed by atoms with E-state index >= 15 is 0 Å². The van der Waals surface area contributed by atoms with Crippen molar-refractivity contribution < 1.29 is 8.42 Å². The third-order valence-corrected chi connectivity index (χ3v) is 6.54. The summed E-state index contributed by atoms with van der Waals surface area (Å²) in [6.45, 7) is 4.46. The molecule has 0 aliphatic carbocycles. The van der Waals surface area contributed by atoms with Gasteiger partial charge in [0.25, 0.3) is 10.0 Å². The van der Waals surface area contributed by atoms with Crippen LogP contribution in [-0.2, 0) is 10.0 Å². The molecular formula is C12H21ClN2O2S2. The van der Waals surface area contributed by atoms with Crippen LogP contribution >= 0.6 is 23.7 Å². The average Bonchev–Trinajstić information content (AvgIpc) is 2.91. The number of nitrogens with zero attached hydrogens (tertiary/aromatic N) is 1. The molecule has 1 fully saturated rings. The predicted octanol–water partition coefficient (Wildman–Crippen LogP) is 2.32. The summed E-state index contributed by atoms with van der Waals surface area (Å²) in [7, 11) is -3.30. The number of sulfonamides is 1. The molecule has 1 aromatic heterocycles. The van der Waals surface area contributed by atoms with Crippen molar-refractivity contribution in [3.8, 4) is 0 Å². The lowest BCUT2D eigenvalue weighted by Crippen LogP contribution is -2.46. The van der Waals surface area contributed by atoms with E-state index in [9.17, 15) is 8.42 Å². The van der Waals surface area contributed by atoms with Gasteiger partial charge in [0.15, 0.2) is 0 Å². The molecule has 4 nitrogen and oxygen atoms in total. The number of nitrogens with one attached hydrogen (secondary N) is 1. The zero-order valence-corrected chi connectivity index (χ0v) is 13.5. The van der Waals surface area contributed by atoms with Crippen LogP contribution in [0, 0.1) is 0 Å². The normalized spacial score (nSPS) is 17.4. The van der Waals surface area contributed by atoms with Crippen molar-refractivity contribution in [3.63, 3.8) is 0 Å². The number of piperidine rings is 1. The standard InChI is InChI=1S/C12H20N2O2S2.ClH/c1-2-9-14(11-5-7-13-8-6-11)18(15,16)12-4-3-10-17-12;/h3-4,10-11,13H,2,5-9H2,1H3;1H. The molecule has 0 radical (unpaired) electrons. The maximum absolute atomic E-state index is 12.6. The van der Waals surface area contributed by atoms with Gasteiger partial charge in [-0.05, 0) is 43.8 Å². The SMILES string of the molecule is CCCN(C1CCNCC1)S(=O)(=O)c1cccs1.Cl. The maximum atomic E-state index is 12.6. The summed E-state index contributed by atoms with van der Waals surface area (Å²) in [4.78, 5) is 0. The molecule has 2 heterocycles. The molecule has 0 amide bonds. The second kappa shape index (κ2) is 7.59. The summed E-state index contributed by atoms with van der Waals surface area (Å²) in [5.41, 5.74) is 0. The first-order valence-electron chi connectivity index (χ1n) is 6.42. The van der Waals surface area contributed by atoms with Crippen LogP contribution in [0.4, 0.5) is 0 Å². The highest BCUT2D eigenvalue weighted by molar-refractivity contribution is 7.91. The van der Waals surface area contributed by atoms with Gasteiger partial charge >= 0.3 is 0 Å². The molecule has 1 N–H and O–H groups in total. The molecule has 1 aliphatic heterocycles. The second-order valence-electron chi connectivity index (χ2n) is 4.53. The molecule has 0 atom stereocenters. The first-order chi connectivity index (χ1) is 8.66. The first kappa shape index (κ1) is 16.9. The van der Waals surface area contributed by atoms with Crippen LogP contribution < -0.4 is 5.32 Å². The average molecular weight is 325 g/mol. The summed E-state index contributed by atoms with van der Waals surface area (Å²) in [6.07, 6.45) is 2.67. The fraction of sp³-hybridized carbons (Fsp3) is 0.667. The van der Waals surface area contributed by atoms with Crippen molar-refractivity contribution >= 4 is 33.8 Å². The van der Waals surface area contributed by atoms with E-state index in [1.807, 2.05) is 12.3 Å². The van der Waals surface area contributed by atoms with E-state index in [1.54, 1.807) is 16.4 Å². The highest BCUT2D eigenvalue weighted by Crippen LogP contribution is 2.25. The zero-order chi connectivity index (χ0) is 13.0. The number of halogens is 1. The highest BCUT2D eigenvalue weighted by Gasteiger charge is 2.32. The minimum atomic E-state index is -3.30. The van der Waals surface area contributed by atoms with Gasteiger partial charge in [-0.25, -0.2) is 8.42 Å². The van der Waals surface area contributed by atoms with Gasteiger partial charge in [-0.3, -0.25) is 0 Å². The zero-order valence-electron chi connectivity index (χ0n) is 11.0. The van der Waals surface area contributed by atoms with Crippen molar-refractivity contribution in [3.05, 3.63) is 17.5 Å². The fourth-order valence-corrected chi connectivity index (χ4v) is 5.24. The Morgan fingerprint density at radius 3 is 2.63 bits per heavy atom. The summed E-state index contributed by atoms with van der Waals surface area (Å²) in [6, 6.07) is 3.65. The van der Waals surface area contributed by atoms with Crippen LogP contribution in [0.1, 0.15) is 26.2 Å². The topological polar surface area (TPSA) is 49.4 Å². The Kier molecular flexibility index (Phi) is 6.76. The summed E-state index contributed by atoms with van der Waals surface area (Å²) in [5.74, 6) is 0. The van der Waals surface area contributed by atoms with Gasteiger partial charge in [0.05, 0.1) is 0 Å². The fourth-order valence-electron chi connectivity index (χ4n) is 2.34. The second-order valence-corrected chi connectivity index (χ2v) is 7.59. The van der Waals surface area contributed by atoms with E-state index in [0.29, 0.717) is 10.8 Å². The summed E-state index contributed by atoms with van der Waals surface area (Å²) in [5, 5.41) is 5.10. The van der Waals surface area contributed by atoms with Crippen molar-refractivity contribution in [1.82, 2.24) is 9.62 Å². The molecule has 0 aromatic carbocycles. The Labute approximate surface area is 125 Å². The lowest BCUT2D eigenvalue weighted by atomic mass is 10.1. The van der Waals surface area contributed by atoms with Crippen molar-refractivity contribution in [2.45, 2.75) is 36.4 Å². The predicted molar refractivity (Wildman–Crippen MR) is 81.6 cm³/mol. The van der Waals surface area contributed by atoms with Crippen LogP contribution in [-0.4, -0.2) is 38.4 Å². The minimum absolute atomic E-state index is 0. The molecule has 0 saturated carbocycles. The molecule has 0 bridgehead atoms. The molecule has 19 heavy (non-hydrogen) atoms. The van der Waals surface area contributed by atoms with Gasteiger partial charge in [0, 0.05) is 12.6 Å². The third kappa shape index (κ3) is 3.92. The van der Waals surface area contributed by atoms with Crippen molar-refractivity contribution in [2.24, 2.45) is 0 Å². The molecule has 1 aliphatic rings. The van der Waals surface area contributed by atoms with Crippen molar-refractivity contribution in [2.75, 3.05) is 19.6 Å². The lowest BCUT2D eigenvalue weighted by Gasteiger charge is -2.33. The maximum Gasteiger partial charge on any atom is 0.252 e. The Balaban J connectivity index is 0.00000180. The van der Waals surface area contributed by atoms with Gasteiger partial charge in [-0.2, -0.15) is 4.31 Å². The van der Waals surface area contributed by atoms with E-state index in [0.717, 1.165) is 32.4 Å². The molecule has 1 saturated heterocycles. The van der Waals surface area contributed by atoms with Gasteiger partial charge < -0.3 is 5.32 Å². The van der Waals surface area contributed by atoms with Gasteiger partial charge in [-0.1, -0.05) is 13.0 Å². The number of hydrogen-bond acceptors (Lipinski definition) is 4. The van der Waals surface area contributed by atoms with Crippen LogP contribution in [0.15, 0.2) is 21.7 Å². The number of rotatable bonds is 5. The molecule has 1 aromatic rings. The molecule has 110 valence electrons. The molecule has 0 unspecified atom stereocenters. The highest BCUT2D eigenvalue weighted by atomic mass is 35.5. The minimum Gasteiger partial charge on any atom is -0.317 e. The Bertz CT molecular complexity index is 456. The Hall–Kier alpha value is -0.140. The van der Waals surface area contributed by atoms with Crippen LogP contribution in [0.25, 0.3) is 0 Å².